The number of H-pyrrole nitrogens is 1. The van der Waals surface area contributed by atoms with Gasteiger partial charge in [0.15, 0.2) is 0 Å². The zero-order chi connectivity index (χ0) is 10.6. The highest BCUT2D eigenvalue weighted by molar-refractivity contribution is 5.86. The minimum absolute atomic E-state index is 0.733. The van der Waals surface area contributed by atoms with Crippen molar-refractivity contribution in [2.75, 3.05) is 0 Å². The molecule has 0 radical (unpaired) electrons. The van der Waals surface area contributed by atoms with Gasteiger partial charge in [-0.15, -0.1) is 0 Å². The van der Waals surface area contributed by atoms with Crippen molar-refractivity contribution in [1.29, 1.82) is 5.26 Å². The van der Waals surface area contributed by atoms with Gasteiger partial charge in [-0.2, -0.15) is 5.26 Å². The fourth-order valence-corrected chi connectivity index (χ4v) is 1.39. The smallest absolute Gasteiger partial charge is 0.0998 e. The van der Waals surface area contributed by atoms with E-state index in [1.54, 1.807) is 0 Å². The summed E-state index contributed by atoms with van der Waals surface area (Å²) >= 11 is 0. The highest BCUT2D eigenvalue weighted by Gasteiger charge is 2.00. The molecule has 0 fully saturated rings. The van der Waals surface area contributed by atoms with Crippen LogP contribution in [0.3, 0.4) is 0 Å². The van der Waals surface area contributed by atoms with Gasteiger partial charge in [-0.05, 0) is 25.1 Å². The average molecular weight is 186 g/mol. The highest BCUT2D eigenvalue weighted by atomic mass is 14.7. The van der Waals surface area contributed by atoms with Gasteiger partial charge in [-0.3, -0.25) is 0 Å². The van der Waals surface area contributed by atoms with Crippen LogP contribution >= 0.6 is 0 Å². The summed E-state index contributed by atoms with van der Waals surface area (Å²) in [5.41, 5.74) is 2.86. The Hall–Kier alpha value is -1.75. The molecule has 1 N–H and O–H groups in total. The van der Waals surface area contributed by atoms with Crippen LogP contribution in [0.2, 0.25) is 0 Å². The van der Waals surface area contributed by atoms with Crippen LogP contribution in [0.25, 0.3) is 10.9 Å². The second-order valence-electron chi connectivity index (χ2n) is 2.83. The second-order valence-corrected chi connectivity index (χ2v) is 2.83. The van der Waals surface area contributed by atoms with E-state index in [2.05, 4.69) is 11.1 Å². The number of aromatic amines is 1. The van der Waals surface area contributed by atoms with E-state index in [-0.39, 0.29) is 0 Å². The van der Waals surface area contributed by atoms with Crippen molar-refractivity contribution in [1.82, 2.24) is 4.98 Å². The van der Waals surface area contributed by atoms with Crippen molar-refractivity contribution in [3.63, 3.8) is 0 Å². The highest BCUT2D eigenvalue weighted by Crippen LogP contribution is 2.18. The molecule has 2 nitrogen and oxygen atoms in total. The second kappa shape index (κ2) is 4.48. The van der Waals surface area contributed by atoms with Gasteiger partial charge < -0.3 is 4.98 Å². The lowest BCUT2D eigenvalue weighted by Gasteiger charge is -1.89. The number of aryl methyl sites for hydroxylation is 1. The molecule has 14 heavy (non-hydrogen) atoms. The molecule has 0 saturated heterocycles. The molecule has 0 spiro atoms. The Labute approximate surface area is 84.2 Å². The molecular formula is C12H14N2. The largest absolute Gasteiger partial charge is 0.359 e. The average Bonchev–Trinajstić information content (AvgIpc) is 2.60. The van der Waals surface area contributed by atoms with E-state index in [1.165, 1.54) is 0 Å². The maximum Gasteiger partial charge on any atom is 0.0998 e. The Morgan fingerprint density at radius 1 is 1.29 bits per heavy atom. The first-order valence-electron chi connectivity index (χ1n) is 4.79. The lowest BCUT2D eigenvalue weighted by atomic mass is 10.1. The Kier molecular flexibility index (Phi) is 3.30. The molecule has 2 heteroatoms. The summed E-state index contributed by atoms with van der Waals surface area (Å²) in [5.74, 6) is 0. The van der Waals surface area contributed by atoms with Gasteiger partial charge in [0.1, 0.15) is 0 Å². The number of hydrogen-bond donors (Lipinski definition) is 1. The number of fused-ring (bicyclic) bond motifs is 1. The van der Waals surface area contributed by atoms with Crippen LogP contribution in [0.15, 0.2) is 24.3 Å². The summed E-state index contributed by atoms with van der Waals surface area (Å²) in [4.78, 5) is 3.18. The van der Waals surface area contributed by atoms with Crippen molar-refractivity contribution >= 4 is 10.9 Å². The predicted molar refractivity (Wildman–Crippen MR) is 59.1 cm³/mol. The molecule has 72 valence electrons. The molecule has 0 bridgehead atoms. The van der Waals surface area contributed by atoms with Crippen molar-refractivity contribution in [2.45, 2.75) is 20.8 Å². The number of rotatable bonds is 0. The molecule has 1 heterocycles. The van der Waals surface area contributed by atoms with Gasteiger partial charge >= 0.3 is 0 Å². The van der Waals surface area contributed by atoms with E-state index >= 15 is 0 Å². The maximum absolute atomic E-state index is 8.78. The lowest BCUT2D eigenvalue weighted by molar-refractivity contribution is 1.30. The fourth-order valence-electron chi connectivity index (χ4n) is 1.39. The van der Waals surface area contributed by atoms with Gasteiger partial charge in [0.25, 0.3) is 0 Å². The fraction of sp³-hybridized carbons (Fsp3) is 0.250. The monoisotopic (exact) mass is 186 g/mol. The molecule has 1 aromatic carbocycles. The first kappa shape index (κ1) is 10.3. The molecule has 0 aliphatic rings. The van der Waals surface area contributed by atoms with Gasteiger partial charge in [-0.1, -0.05) is 19.9 Å². The summed E-state index contributed by atoms with van der Waals surface area (Å²) < 4.78 is 0. The van der Waals surface area contributed by atoms with Crippen LogP contribution in [0.4, 0.5) is 0 Å². The van der Waals surface area contributed by atoms with Crippen molar-refractivity contribution in [2.24, 2.45) is 0 Å². The van der Waals surface area contributed by atoms with E-state index in [4.69, 9.17) is 5.26 Å². The summed E-state index contributed by atoms with van der Waals surface area (Å²) in [5, 5.41) is 9.79. The topological polar surface area (TPSA) is 39.6 Å². The molecule has 0 atom stereocenters. The quantitative estimate of drug-likeness (QED) is 0.673. The Balaban J connectivity index is 0.000000461. The summed E-state index contributed by atoms with van der Waals surface area (Å²) in [7, 11) is 0. The standard InChI is InChI=1S/C10H8N2.C2H6/c1-7-5-9-8(6-11)3-2-4-10(9)12-7;1-2/h2-5,12H,1H3;1-2H3. The van der Waals surface area contributed by atoms with Gasteiger partial charge in [0, 0.05) is 16.6 Å². The first-order chi connectivity index (χ1) is 6.81. The van der Waals surface area contributed by atoms with E-state index in [0.29, 0.717) is 0 Å². The molecule has 0 aliphatic carbocycles. The van der Waals surface area contributed by atoms with Crippen LogP contribution in [0.5, 0.6) is 0 Å². The molecule has 0 aliphatic heterocycles. The Bertz CT molecular complexity index is 461. The zero-order valence-corrected chi connectivity index (χ0v) is 8.76. The molecule has 0 saturated carbocycles. The molecule has 1 aromatic heterocycles. The minimum Gasteiger partial charge on any atom is -0.359 e. The predicted octanol–water partition coefficient (Wildman–Crippen LogP) is 3.37. The van der Waals surface area contributed by atoms with Crippen molar-refractivity contribution in [3.8, 4) is 6.07 Å². The number of benzene rings is 1. The van der Waals surface area contributed by atoms with Crippen LogP contribution < -0.4 is 0 Å². The maximum atomic E-state index is 8.78. The number of hydrogen-bond acceptors (Lipinski definition) is 1. The summed E-state index contributed by atoms with van der Waals surface area (Å²) in [6, 6.07) is 9.85. The number of nitriles is 1. The van der Waals surface area contributed by atoms with Crippen LogP contribution in [0.1, 0.15) is 25.1 Å². The normalized spacial score (nSPS) is 9.00. The van der Waals surface area contributed by atoms with E-state index in [0.717, 1.165) is 22.2 Å². The van der Waals surface area contributed by atoms with Crippen LogP contribution in [-0.4, -0.2) is 4.98 Å². The molecule has 2 rings (SSSR count). The van der Waals surface area contributed by atoms with E-state index in [1.807, 2.05) is 45.0 Å². The number of aromatic nitrogens is 1. The first-order valence-corrected chi connectivity index (χ1v) is 4.79. The Morgan fingerprint density at radius 2 is 2.00 bits per heavy atom. The third-order valence-corrected chi connectivity index (χ3v) is 1.92. The third-order valence-electron chi connectivity index (χ3n) is 1.92. The lowest BCUT2D eigenvalue weighted by Crippen LogP contribution is -1.73. The zero-order valence-electron chi connectivity index (χ0n) is 8.76. The van der Waals surface area contributed by atoms with Crippen LogP contribution in [0, 0.1) is 18.3 Å². The van der Waals surface area contributed by atoms with Gasteiger partial charge in [0.05, 0.1) is 11.6 Å². The molecule has 0 amide bonds. The van der Waals surface area contributed by atoms with E-state index in [9.17, 15) is 0 Å². The number of nitrogens with one attached hydrogen (secondary N) is 1. The number of nitrogens with zero attached hydrogens (tertiary/aromatic N) is 1. The van der Waals surface area contributed by atoms with Crippen molar-refractivity contribution < 1.29 is 0 Å². The van der Waals surface area contributed by atoms with Gasteiger partial charge in [0.2, 0.25) is 0 Å². The summed E-state index contributed by atoms with van der Waals surface area (Å²) in [6.45, 7) is 5.99. The van der Waals surface area contributed by atoms with Crippen LogP contribution in [-0.2, 0) is 0 Å². The van der Waals surface area contributed by atoms with Gasteiger partial charge in [-0.25, -0.2) is 0 Å². The van der Waals surface area contributed by atoms with E-state index < -0.39 is 0 Å². The summed E-state index contributed by atoms with van der Waals surface area (Å²) in [6.07, 6.45) is 0. The molecule has 0 unspecified atom stereocenters. The SMILES string of the molecule is CC.Cc1cc2c(C#N)cccc2[nH]1. The van der Waals surface area contributed by atoms with Crippen molar-refractivity contribution in [3.05, 3.63) is 35.5 Å². The minimum atomic E-state index is 0.733. The third kappa shape index (κ3) is 1.77. The molecular weight excluding hydrogens is 172 g/mol. The molecule has 2 aromatic rings. The Morgan fingerprint density at radius 3 is 2.64 bits per heavy atom.